The predicted molar refractivity (Wildman–Crippen MR) is 179 cm³/mol. The third kappa shape index (κ3) is 8.28. The Kier molecular flexibility index (Phi) is 11.2. The monoisotopic (exact) mass is 695 g/mol. The minimum atomic E-state index is -4.19. The molecule has 0 bridgehead atoms. The molecule has 0 aliphatic rings. The molecule has 0 aliphatic carbocycles. The Balaban J connectivity index is 1.82. The number of rotatable bonds is 12. The maximum atomic E-state index is 14.5. The van der Waals surface area contributed by atoms with Crippen LogP contribution in [0.1, 0.15) is 29.2 Å². The average molecular weight is 697 g/mol. The number of hydrogen-bond donors (Lipinski definition) is 1. The molecule has 4 aromatic rings. The highest BCUT2D eigenvalue weighted by Gasteiger charge is 2.35. The van der Waals surface area contributed by atoms with Crippen molar-refractivity contribution in [3.63, 3.8) is 0 Å². The molecular formula is C34H35BrClN3O4S. The SMILES string of the molecule is CCNC(=O)[C@@H](Cc1ccccc1)N(Cc1cccc(Br)c1)C(=O)CN(c1ccc(Cl)cc1C)S(=O)(=O)c1ccc(C)cc1. The molecule has 1 N–H and O–H groups in total. The summed E-state index contributed by atoms with van der Waals surface area (Å²) in [5.41, 5.74) is 3.46. The van der Waals surface area contributed by atoms with E-state index in [0.717, 1.165) is 25.5 Å². The van der Waals surface area contributed by atoms with Gasteiger partial charge in [-0.1, -0.05) is 87.7 Å². The minimum absolute atomic E-state index is 0.0494. The van der Waals surface area contributed by atoms with Crippen molar-refractivity contribution in [2.75, 3.05) is 17.4 Å². The van der Waals surface area contributed by atoms with Crippen molar-refractivity contribution in [2.45, 2.75) is 44.7 Å². The van der Waals surface area contributed by atoms with Gasteiger partial charge in [0.25, 0.3) is 10.0 Å². The molecule has 0 saturated heterocycles. The summed E-state index contributed by atoms with van der Waals surface area (Å²) in [6.45, 7) is 5.37. The summed E-state index contributed by atoms with van der Waals surface area (Å²) in [6.07, 6.45) is 0.247. The van der Waals surface area contributed by atoms with Crippen LogP contribution >= 0.6 is 27.5 Å². The van der Waals surface area contributed by atoms with Gasteiger partial charge in [0.1, 0.15) is 12.6 Å². The number of benzene rings is 4. The van der Waals surface area contributed by atoms with E-state index in [1.165, 1.54) is 17.0 Å². The zero-order valence-corrected chi connectivity index (χ0v) is 28.0. The summed E-state index contributed by atoms with van der Waals surface area (Å²) in [5, 5.41) is 3.32. The minimum Gasteiger partial charge on any atom is -0.355 e. The molecule has 44 heavy (non-hydrogen) atoms. The second-order valence-corrected chi connectivity index (χ2v) is 13.7. The average Bonchev–Trinajstić information content (AvgIpc) is 2.99. The van der Waals surface area contributed by atoms with Crippen molar-refractivity contribution in [3.05, 3.63) is 129 Å². The Morgan fingerprint density at radius 3 is 2.20 bits per heavy atom. The van der Waals surface area contributed by atoms with Gasteiger partial charge in [0, 0.05) is 29.0 Å². The highest BCUT2D eigenvalue weighted by Crippen LogP contribution is 2.30. The van der Waals surface area contributed by atoms with Gasteiger partial charge in [-0.05, 0) is 79.9 Å². The molecule has 0 radical (unpaired) electrons. The second kappa shape index (κ2) is 14.9. The summed E-state index contributed by atoms with van der Waals surface area (Å²) < 4.78 is 30.3. The van der Waals surface area contributed by atoms with Crippen molar-refractivity contribution in [3.8, 4) is 0 Å². The summed E-state index contributed by atoms with van der Waals surface area (Å²) in [6, 6.07) is 27.4. The molecular weight excluding hydrogens is 662 g/mol. The van der Waals surface area contributed by atoms with Crippen LogP contribution in [0.25, 0.3) is 0 Å². The number of sulfonamides is 1. The number of nitrogens with one attached hydrogen (secondary N) is 1. The number of carbonyl (C=O) groups excluding carboxylic acids is 2. The first-order valence-electron chi connectivity index (χ1n) is 14.2. The highest BCUT2D eigenvalue weighted by molar-refractivity contribution is 9.10. The molecule has 7 nitrogen and oxygen atoms in total. The van der Waals surface area contributed by atoms with Gasteiger partial charge in [-0.25, -0.2) is 8.42 Å². The van der Waals surface area contributed by atoms with E-state index in [1.807, 2.05) is 68.4 Å². The van der Waals surface area contributed by atoms with Crippen molar-refractivity contribution in [2.24, 2.45) is 0 Å². The molecule has 0 aliphatic heterocycles. The van der Waals surface area contributed by atoms with Crippen molar-refractivity contribution >= 4 is 55.1 Å². The molecule has 4 aromatic carbocycles. The van der Waals surface area contributed by atoms with Crippen LogP contribution in [-0.4, -0.2) is 44.3 Å². The van der Waals surface area contributed by atoms with Gasteiger partial charge in [0.15, 0.2) is 0 Å². The molecule has 0 unspecified atom stereocenters. The number of anilines is 1. The van der Waals surface area contributed by atoms with Gasteiger partial charge < -0.3 is 10.2 Å². The number of hydrogen-bond acceptors (Lipinski definition) is 4. The summed E-state index contributed by atoms with van der Waals surface area (Å²) in [5.74, 6) is -0.850. The third-order valence-electron chi connectivity index (χ3n) is 7.18. The van der Waals surface area contributed by atoms with Crippen molar-refractivity contribution in [1.82, 2.24) is 10.2 Å². The number of halogens is 2. The fourth-order valence-electron chi connectivity index (χ4n) is 4.93. The zero-order valence-electron chi connectivity index (χ0n) is 24.8. The molecule has 0 fully saturated rings. The van der Waals surface area contributed by atoms with E-state index >= 15 is 0 Å². The van der Waals surface area contributed by atoms with Gasteiger partial charge in [-0.15, -0.1) is 0 Å². The second-order valence-electron chi connectivity index (χ2n) is 10.5. The topological polar surface area (TPSA) is 86.8 Å². The number of carbonyl (C=O) groups is 2. The zero-order chi connectivity index (χ0) is 31.9. The molecule has 230 valence electrons. The normalized spacial score (nSPS) is 11.9. The molecule has 4 rings (SSSR count). The predicted octanol–water partition coefficient (Wildman–Crippen LogP) is 6.69. The molecule has 10 heteroatoms. The Labute approximate surface area is 273 Å². The number of aryl methyl sites for hydroxylation is 2. The first-order valence-corrected chi connectivity index (χ1v) is 16.8. The lowest BCUT2D eigenvalue weighted by Gasteiger charge is -2.34. The summed E-state index contributed by atoms with van der Waals surface area (Å²) >= 11 is 9.72. The van der Waals surface area contributed by atoms with Crippen LogP contribution in [0.3, 0.4) is 0 Å². The van der Waals surface area contributed by atoms with Crippen LogP contribution in [0.5, 0.6) is 0 Å². The Hall–Kier alpha value is -3.66. The lowest BCUT2D eigenvalue weighted by molar-refractivity contribution is -0.140. The number of amides is 2. The van der Waals surface area contributed by atoms with Crippen LogP contribution < -0.4 is 9.62 Å². The molecule has 2 amide bonds. The summed E-state index contributed by atoms with van der Waals surface area (Å²) in [7, 11) is -4.19. The van der Waals surface area contributed by atoms with E-state index in [2.05, 4.69) is 21.2 Å². The van der Waals surface area contributed by atoms with Gasteiger partial charge in [0.05, 0.1) is 10.6 Å². The van der Waals surface area contributed by atoms with E-state index in [-0.39, 0.29) is 23.8 Å². The molecule has 0 heterocycles. The fraction of sp³-hybridized carbons (Fsp3) is 0.235. The lowest BCUT2D eigenvalue weighted by Crippen LogP contribution is -2.53. The van der Waals surface area contributed by atoms with Gasteiger partial charge >= 0.3 is 0 Å². The highest BCUT2D eigenvalue weighted by atomic mass is 79.9. The van der Waals surface area contributed by atoms with E-state index in [9.17, 15) is 18.0 Å². The summed E-state index contributed by atoms with van der Waals surface area (Å²) in [4.78, 5) is 29.6. The van der Waals surface area contributed by atoms with E-state index in [1.54, 1.807) is 37.3 Å². The van der Waals surface area contributed by atoms with Gasteiger partial charge in [-0.3, -0.25) is 13.9 Å². The van der Waals surface area contributed by atoms with Crippen LogP contribution in [0.4, 0.5) is 5.69 Å². The van der Waals surface area contributed by atoms with E-state index < -0.39 is 28.5 Å². The molecule has 0 spiro atoms. The third-order valence-corrected chi connectivity index (χ3v) is 9.68. The van der Waals surface area contributed by atoms with Crippen molar-refractivity contribution < 1.29 is 18.0 Å². The van der Waals surface area contributed by atoms with Gasteiger partial charge in [0.2, 0.25) is 11.8 Å². The lowest BCUT2D eigenvalue weighted by atomic mass is 10.0. The Morgan fingerprint density at radius 2 is 1.57 bits per heavy atom. The quantitative estimate of drug-likeness (QED) is 0.179. The first kappa shape index (κ1) is 33.2. The Morgan fingerprint density at radius 1 is 0.886 bits per heavy atom. The van der Waals surface area contributed by atoms with E-state index in [0.29, 0.717) is 22.8 Å². The van der Waals surface area contributed by atoms with Crippen LogP contribution in [-0.2, 0) is 32.6 Å². The van der Waals surface area contributed by atoms with Crippen molar-refractivity contribution in [1.29, 1.82) is 0 Å². The van der Waals surface area contributed by atoms with Crippen LogP contribution in [0, 0.1) is 13.8 Å². The van der Waals surface area contributed by atoms with E-state index in [4.69, 9.17) is 11.6 Å². The fourth-order valence-corrected chi connectivity index (χ4v) is 7.08. The molecule has 0 saturated carbocycles. The molecule has 1 atom stereocenters. The molecule has 0 aromatic heterocycles. The standard InChI is InChI=1S/C34H35BrClN3O4S/c1-4-37-34(41)32(21-26-9-6-5-7-10-26)38(22-27-11-8-12-28(35)20-27)33(40)23-39(31-18-15-29(36)19-25(31)3)44(42,43)30-16-13-24(2)14-17-30/h5-20,32H,4,21-23H2,1-3H3,(H,37,41)/t32-/m1/s1. The Bertz CT molecular complexity index is 1720. The first-order chi connectivity index (χ1) is 21.0. The van der Waals surface area contributed by atoms with Gasteiger partial charge in [-0.2, -0.15) is 0 Å². The maximum absolute atomic E-state index is 14.5. The largest absolute Gasteiger partial charge is 0.355 e. The smallest absolute Gasteiger partial charge is 0.264 e. The van der Waals surface area contributed by atoms with Crippen LogP contribution in [0.2, 0.25) is 5.02 Å². The number of likely N-dealkylation sites (N-methyl/N-ethyl adjacent to an activating group) is 1. The number of nitrogens with zero attached hydrogens (tertiary/aromatic N) is 2. The maximum Gasteiger partial charge on any atom is 0.264 e. The van der Waals surface area contributed by atoms with Crippen LogP contribution in [0.15, 0.2) is 106 Å².